The van der Waals surface area contributed by atoms with Crippen LogP contribution in [0.5, 0.6) is 0 Å². The second kappa shape index (κ2) is 8.63. The van der Waals surface area contributed by atoms with Gasteiger partial charge in [0, 0.05) is 28.8 Å². The monoisotopic (exact) mass is 441 g/mol. The fraction of sp³-hybridized carbons (Fsp3) is 0.478. The number of thiophene rings is 1. The molecule has 1 aromatic heterocycles. The van der Waals surface area contributed by atoms with E-state index in [1.165, 1.54) is 16.0 Å². The highest BCUT2D eigenvalue weighted by atomic mass is 32.2. The standard InChI is InChI=1S/C23H27N3O2S2/c27-20(9-5-4-8-19-21-17(14-30-19)24-23(28)25-21)26-12-10-18-16(11-13-29-18)22(26)15-6-2-1-3-7-15/h1-3,6-7,11,13,17,19,21-22H,4-5,8-10,12,14H2,(H2,24,25,28)/t17-,19-,21+,22+/m1/s1. The Balaban J connectivity index is 1.19. The first-order valence-corrected chi connectivity index (χ1v) is 12.7. The summed E-state index contributed by atoms with van der Waals surface area (Å²) < 4.78 is 0. The van der Waals surface area contributed by atoms with Crippen molar-refractivity contribution in [2.75, 3.05) is 12.3 Å². The summed E-state index contributed by atoms with van der Waals surface area (Å²) in [5.74, 6) is 1.25. The van der Waals surface area contributed by atoms with Crippen LogP contribution in [0.3, 0.4) is 0 Å². The third-order valence-electron chi connectivity index (χ3n) is 6.47. The lowest BCUT2D eigenvalue weighted by Gasteiger charge is -2.36. The molecule has 2 saturated heterocycles. The molecule has 2 N–H and O–H groups in total. The zero-order valence-corrected chi connectivity index (χ0v) is 18.5. The van der Waals surface area contributed by atoms with Gasteiger partial charge in [0.05, 0.1) is 18.1 Å². The number of rotatable bonds is 6. The van der Waals surface area contributed by atoms with Gasteiger partial charge in [0.2, 0.25) is 5.91 Å². The molecule has 0 unspecified atom stereocenters. The first kappa shape index (κ1) is 19.9. The Bertz CT molecular complexity index is 916. The second-order valence-corrected chi connectivity index (χ2v) is 10.6. The summed E-state index contributed by atoms with van der Waals surface area (Å²) >= 11 is 3.75. The zero-order chi connectivity index (χ0) is 20.5. The van der Waals surface area contributed by atoms with E-state index in [0.717, 1.165) is 38.0 Å². The molecule has 5 rings (SSSR count). The molecular formula is C23H27N3O2S2. The lowest BCUT2D eigenvalue weighted by Crippen LogP contribution is -2.40. The SMILES string of the molecule is O=C1N[C@H]2[C@@H](CS[C@@H]2CCCCC(=O)N2CCc3sccc3[C@@H]2c2ccccc2)N1. The number of fused-ring (bicyclic) bond motifs is 2. The Morgan fingerprint density at radius 2 is 2.00 bits per heavy atom. The van der Waals surface area contributed by atoms with E-state index in [9.17, 15) is 9.59 Å². The fourth-order valence-corrected chi connectivity index (χ4v) is 7.44. The normalized spacial score (nSPS) is 27.3. The number of hydrogen-bond acceptors (Lipinski definition) is 4. The Labute approximate surface area is 185 Å². The summed E-state index contributed by atoms with van der Waals surface area (Å²) in [5, 5.41) is 8.66. The minimum Gasteiger partial charge on any atom is -0.332 e. The third-order valence-corrected chi connectivity index (χ3v) is 8.97. The molecule has 5 nitrogen and oxygen atoms in total. The number of thioether (sulfide) groups is 1. The molecule has 3 amide bonds. The smallest absolute Gasteiger partial charge is 0.315 e. The molecule has 2 aromatic rings. The number of amides is 3. The molecule has 3 aliphatic heterocycles. The predicted octanol–water partition coefficient (Wildman–Crippen LogP) is 3.95. The molecule has 4 atom stereocenters. The molecule has 0 saturated carbocycles. The van der Waals surface area contributed by atoms with Crippen LogP contribution in [0.4, 0.5) is 4.79 Å². The molecule has 0 aliphatic carbocycles. The molecule has 1 aromatic carbocycles. The van der Waals surface area contributed by atoms with Crippen LogP contribution in [0.2, 0.25) is 0 Å². The van der Waals surface area contributed by atoms with Crippen LogP contribution in [0.15, 0.2) is 41.8 Å². The number of urea groups is 1. The first-order valence-electron chi connectivity index (χ1n) is 10.8. The number of unbranched alkanes of at least 4 members (excludes halogenated alkanes) is 1. The van der Waals surface area contributed by atoms with Crippen LogP contribution in [0, 0.1) is 0 Å². The topological polar surface area (TPSA) is 61.4 Å². The molecule has 7 heteroatoms. The lowest BCUT2D eigenvalue weighted by atomic mass is 9.92. The Hall–Kier alpha value is -1.99. The zero-order valence-electron chi connectivity index (χ0n) is 16.9. The van der Waals surface area contributed by atoms with Gasteiger partial charge >= 0.3 is 6.03 Å². The van der Waals surface area contributed by atoms with E-state index < -0.39 is 0 Å². The van der Waals surface area contributed by atoms with Crippen LogP contribution < -0.4 is 10.6 Å². The van der Waals surface area contributed by atoms with Crippen molar-refractivity contribution in [3.05, 3.63) is 57.8 Å². The van der Waals surface area contributed by atoms with Gasteiger partial charge < -0.3 is 15.5 Å². The second-order valence-electron chi connectivity index (χ2n) is 8.32. The van der Waals surface area contributed by atoms with Crippen molar-refractivity contribution >= 4 is 35.0 Å². The van der Waals surface area contributed by atoms with Crippen molar-refractivity contribution in [2.45, 2.75) is 55.5 Å². The number of benzene rings is 1. The van der Waals surface area contributed by atoms with Gasteiger partial charge in [-0.3, -0.25) is 4.79 Å². The van der Waals surface area contributed by atoms with Gasteiger partial charge in [-0.15, -0.1) is 11.3 Å². The number of carbonyl (C=O) groups excluding carboxylic acids is 2. The number of carbonyl (C=O) groups is 2. The van der Waals surface area contributed by atoms with Crippen LogP contribution >= 0.6 is 23.1 Å². The Morgan fingerprint density at radius 1 is 1.13 bits per heavy atom. The average molecular weight is 442 g/mol. The largest absolute Gasteiger partial charge is 0.332 e. The van der Waals surface area contributed by atoms with E-state index in [1.54, 1.807) is 11.3 Å². The van der Waals surface area contributed by atoms with Crippen molar-refractivity contribution in [3.63, 3.8) is 0 Å². The molecule has 30 heavy (non-hydrogen) atoms. The Morgan fingerprint density at radius 3 is 2.87 bits per heavy atom. The van der Waals surface area contributed by atoms with Gasteiger partial charge in [-0.1, -0.05) is 36.8 Å². The van der Waals surface area contributed by atoms with Crippen molar-refractivity contribution < 1.29 is 9.59 Å². The van der Waals surface area contributed by atoms with Crippen LogP contribution in [-0.2, 0) is 11.2 Å². The fourth-order valence-electron chi connectivity index (χ4n) is 4.99. The van der Waals surface area contributed by atoms with Gasteiger partial charge in [0.1, 0.15) is 0 Å². The number of hydrogen-bond donors (Lipinski definition) is 2. The summed E-state index contributed by atoms with van der Waals surface area (Å²) in [6.45, 7) is 0.797. The molecular weight excluding hydrogens is 414 g/mol. The highest BCUT2D eigenvalue weighted by Gasteiger charge is 2.42. The van der Waals surface area contributed by atoms with Crippen LogP contribution in [0.25, 0.3) is 0 Å². The maximum atomic E-state index is 13.2. The van der Waals surface area contributed by atoms with E-state index in [1.807, 2.05) is 17.8 Å². The molecule has 0 radical (unpaired) electrons. The summed E-state index contributed by atoms with van der Waals surface area (Å²) in [4.78, 5) is 28.2. The van der Waals surface area contributed by atoms with Crippen molar-refractivity contribution in [1.29, 1.82) is 0 Å². The van der Waals surface area contributed by atoms with Crippen molar-refractivity contribution in [3.8, 4) is 0 Å². The van der Waals surface area contributed by atoms with E-state index in [-0.39, 0.29) is 30.1 Å². The molecule has 2 fully saturated rings. The van der Waals surface area contributed by atoms with Gasteiger partial charge in [-0.05, 0) is 41.8 Å². The van der Waals surface area contributed by atoms with Crippen LogP contribution in [0.1, 0.15) is 47.7 Å². The lowest BCUT2D eigenvalue weighted by molar-refractivity contribution is -0.133. The van der Waals surface area contributed by atoms with Gasteiger partial charge in [0.25, 0.3) is 0 Å². The molecule has 158 valence electrons. The van der Waals surface area contributed by atoms with E-state index in [2.05, 4.69) is 51.2 Å². The van der Waals surface area contributed by atoms with Crippen LogP contribution in [-0.4, -0.2) is 46.5 Å². The van der Waals surface area contributed by atoms with E-state index >= 15 is 0 Å². The molecule has 0 bridgehead atoms. The maximum absolute atomic E-state index is 13.2. The van der Waals surface area contributed by atoms with E-state index in [4.69, 9.17) is 0 Å². The summed E-state index contributed by atoms with van der Waals surface area (Å²) in [6, 6.07) is 13.1. The van der Waals surface area contributed by atoms with Crippen molar-refractivity contribution in [2.24, 2.45) is 0 Å². The predicted molar refractivity (Wildman–Crippen MR) is 122 cm³/mol. The maximum Gasteiger partial charge on any atom is 0.315 e. The third kappa shape index (κ3) is 3.85. The quantitative estimate of drug-likeness (QED) is 0.527. The summed E-state index contributed by atoms with van der Waals surface area (Å²) in [6.07, 6.45) is 4.53. The molecule has 3 aliphatic rings. The van der Waals surface area contributed by atoms with E-state index in [0.29, 0.717) is 11.7 Å². The van der Waals surface area contributed by atoms with Crippen molar-refractivity contribution in [1.82, 2.24) is 15.5 Å². The highest BCUT2D eigenvalue weighted by Crippen LogP contribution is 2.38. The molecule has 0 spiro atoms. The minimum absolute atomic E-state index is 0.0321. The summed E-state index contributed by atoms with van der Waals surface area (Å²) in [7, 11) is 0. The molecule has 4 heterocycles. The van der Waals surface area contributed by atoms with Gasteiger partial charge in [-0.2, -0.15) is 11.8 Å². The highest BCUT2D eigenvalue weighted by molar-refractivity contribution is 8.00. The number of nitrogens with zero attached hydrogens (tertiary/aromatic N) is 1. The first-order chi connectivity index (χ1) is 14.7. The average Bonchev–Trinajstić information content (AvgIpc) is 3.47. The van der Waals surface area contributed by atoms with Gasteiger partial charge in [0.15, 0.2) is 0 Å². The Kier molecular flexibility index (Phi) is 5.74. The minimum atomic E-state index is -0.0321. The van der Waals surface area contributed by atoms with Gasteiger partial charge in [-0.25, -0.2) is 4.79 Å². The summed E-state index contributed by atoms with van der Waals surface area (Å²) in [5.41, 5.74) is 2.49. The number of nitrogens with one attached hydrogen (secondary N) is 2.